The highest BCUT2D eigenvalue weighted by atomic mass is 32.2. The van der Waals surface area contributed by atoms with Crippen LogP contribution >= 0.6 is 11.8 Å². The van der Waals surface area contributed by atoms with Gasteiger partial charge < -0.3 is 10.0 Å². The molecule has 3 aromatic heterocycles. The van der Waals surface area contributed by atoms with E-state index in [4.69, 9.17) is 0 Å². The number of nitriles is 1. The van der Waals surface area contributed by atoms with Crippen molar-refractivity contribution in [2.24, 2.45) is 0 Å². The van der Waals surface area contributed by atoms with Crippen LogP contribution in [0.2, 0.25) is 0 Å². The number of hydrogen-bond acceptors (Lipinski definition) is 6. The van der Waals surface area contributed by atoms with E-state index in [9.17, 15) is 15.2 Å². The lowest BCUT2D eigenvalue weighted by atomic mass is 10.1. The summed E-state index contributed by atoms with van der Waals surface area (Å²) in [5.41, 5.74) is 3.20. The van der Waals surface area contributed by atoms with E-state index >= 15 is 0 Å². The zero-order valence-corrected chi connectivity index (χ0v) is 18.6. The summed E-state index contributed by atoms with van der Waals surface area (Å²) < 4.78 is 3.66. The number of carbonyl (C=O) groups excluding carboxylic acids is 1. The molecule has 166 valence electrons. The highest BCUT2D eigenvalue weighted by Crippen LogP contribution is 2.36. The molecule has 0 saturated carbocycles. The van der Waals surface area contributed by atoms with Gasteiger partial charge in [-0.25, -0.2) is 4.52 Å². The zero-order chi connectivity index (χ0) is 22.8. The normalized spacial score (nSPS) is 16.1. The Bertz CT molecular complexity index is 1340. The van der Waals surface area contributed by atoms with Crippen LogP contribution in [-0.4, -0.2) is 55.0 Å². The first-order chi connectivity index (χ1) is 16.2. The molecule has 0 bridgehead atoms. The van der Waals surface area contributed by atoms with E-state index in [-0.39, 0.29) is 11.9 Å². The Morgan fingerprint density at radius 1 is 1.18 bits per heavy atom. The largest absolute Gasteiger partial charge is 0.387 e. The second-order valence-electron chi connectivity index (χ2n) is 7.97. The third-order valence-electron chi connectivity index (χ3n) is 5.86. The molecule has 1 N–H and O–H groups in total. The van der Waals surface area contributed by atoms with Gasteiger partial charge in [0.05, 0.1) is 29.5 Å². The van der Waals surface area contributed by atoms with Crippen molar-refractivity contribution in [3.63, 3.8) is 0 Å². The fourth-order valence-corrected chi connectivity index (χ4v) is 5.23. The van der Waals surface area contributed by atoms with Gasteiger partial charge >= 0.3 is 0 Å². The minimum atomic E-state index is -0.465. The lowest BCUT2D eigenvalue weighted by Crippen LogP contribution is -2.42. The van der Waals surface area contributed by atoms with Crippen LogP contribution in [-0.2, 0) is 4.79 Å². The summed E-state index contributed by atoms with van der Waals surface area (Å²) in [6, 6.07) is 14.4. The van der Waals surface area contributed by atoms with Gasteiger partial charge in [0.15, 0.2) is 0 Å². The van der Waals surface area contributed by atoms with E-state index in [1.165, 1.54) is 0 Å². The Kier molecular flexibility index (Phi) is 5.86. The number of fused-ring (bicyclic) bond motifs is 1. The van der Waals surface area contributed by atoms with Crippen LogP contribution in [0.3, 0.4) is 0 Å². The molecule has 1 aromatic carbocycles. The maximum atomic E-state index is 11.9. The van der Waals surface area contributed by atoms with Crippen molar-refractivity contribution >= 4 is 23.2 Å². The van der Waals surface area contributed by atoms with Crippen LogP contribution in [0, 0.1) is 11.3 Å². The monoisotopic (exact) mass is 458 g/mol. The Morgan fingerprint density at radius 2 is 2.03 bits per heavy atom. The molecule has 1 unspecified atom stereocenters. The minimum absolute atomic E-state index is 0.0693. The van der Waals surface area contributed by atoms with E-state index in [0.29, 0.717) is 18.7 Å². The quantitative estimate of drug-likeness (QED) is 0.492. The topological polar surface area (TPSA) is 99.5 Å². The molecule has 1 saturated heterocycles. The summed E-state index contributed by atoms with van der Waals surface area (Å²) in [5.74, 6) is -0.243. The predicted octanol–water partition coefficient (Wildman–Crippen LogP) is 3.38. The van der Waals surface area contributed by atoms with Crippen LogP contribution in [0.25, 0.3) is 16.6 Å². The van der Waals surface area contributed by atoms with E-state index in [2.05, 4.69) is 22.3 Å². The number of piperidine rings is 1. The fourth-order valence-electron chi connectivity index (χ4n) is 4.20. The third kappa shape index (κ3) is 4.23. The Hall–Kier alpha value is -3.61. The van der Waals surface area contributed by atoms with Crippen molar-refractivity contribution in [3.05, 3.63) is 66.7 Å². The smallest absolute Gasteiger partial charge is 0.248 e. The summed E-state index contributed by atoms with van der Waals surface area (Å²) in [6.07, 6.45) is 9.11. The number of nitrogens with zero attached hydrogens (tertiary/aromatic N) is 6. The van der Waals surface area contributed by atoms with E-state index < -0.39 is 6.61 Å². The second kappa shape index (κ2) is 9.10. The predicted molar refractivity (Wildman–Crippen MR) is 124 cm³/mol. The average molecular weight is 459 g/mol. The van der Waals surface area contributed by atoms with Gasteiger partial charge in [0, 0.05) is 46.4 Å². The summed E-state index contributed by atoms with van der Waals surface area (Å²) >= 11 is 1.59. The Morgan fingerprint density at radius 3 is 2.82 bits per heavy atom. The van der Waals surface area contributed by atoms with Crippen molar-refractivity contribution in [2.45, 2.75) is 28.7 Å². The lowest BCUT2D eigenvalue weighted by molar-refractivity contribution is -0.135. The van der Waals surface area contributed by atoms with Crippen molar-refractivity contribution in [1.29, 1.82) is 5.26 Å². The number of aliphatic hydroxyl groups excluding tert-OH is 1. The van der Waals surface area contributed by atoms with Crippen molar-refractivity contribution < 1.29 is 9.90 Å². The number of carbonyl (C=O) groups is 1. The highest BCUT2D eigenvalue weighted by Gasteiger charge is 2.25. The molecule has 1 amide bonds. The summed E-state index contributed by atoms with van der Waals surface area (Å²) in [7, 11) is 0. The van der Waals surface area contributed by atoms with Gasteiger partial charge in [-0.1, -0.05) is 30.0 Å². The van der Waals surface area contributed by atoms with E-state index in [1.54, 1.807) is 27.4 Å². The molecule has 0 aliphatic carbocycles. The minimum Gasteiger partial charge on any atom is -0.387 e. The number of likely N-dealkylation sites (tertiary alicyclic amines) is 1. The number of benzene rings is 1. The first-order valence-corrected chi connectivity index (χ1v) is 11.6. The fraction of sp³-hybridized carbons (Fsp3) is 0.250. The third-order valence-corrected chi connectivity index (χ3v) is 6.90. The first kappa shape index (κ1) is 21.2. The molecule has 1 fully saturated rings. The van der Waals surface area contributed by atoms with Crippen LogP contribution in [0.5, 0.6) is 0 Å². The molecule has 33 heavy (non-hydrogen) atoms. The molecule has 0 spiro atoms. The van der Waals surface area contributed by atoms with Crippen LogP contribution in [0.15, 0.2) is 71.0 Å². The molecule has 1 aliphatic rings. The molecule has 4 aromatic rings. The number of hydrogen-bond donors (Lipinski definition) is 1. The summed E-state index contributed by atoms with van der Waals surface area (Å²) in [5, 5.41) is 27.7. The molecule has 1 aliphatic heterocycles. The Labute approximate surface area is 195 Å². The van der Waals surface area contributed by atoms with Gasteiger partial charge in [-0.3, -0.25) is 9.48 Å². The number of amides is 1. The number of rotatable bonds is 5. The second-order valence-corrected chi connectivity index (χ2v) is 9.09. The molecule has 8 nitrogen and oxygen atoms in total. The lowest BCUT2D eigenvalue weighted by Gasteiger charge is -2.32. The Balaban J connectivity index is 1.49. The first-order valence-electron chi connectivity index (χ1n) is 10.7. The highest BCUT2D eigenvalue weighted by molar-refractivity contribution is 7.99. The molecular formula is C24H22N6O2S. The SMILES string of the molecule is N#Cc1cnn2cc(-c3cnn(C4CCCN(C(=O)CO)C4)c3)cc(Sc3ccccc3)c12. The molecule has 4 heterocycles. The number of pyridine rings is 1. The van der Waals surface area contributed by atoms with Crippen LogP contribution < -0.4 is 0 Å². The number of aromatic nitrogens is 4. The maximum absolute atomic E-state index is 11.9. The van der Waals surface area contributed by atoms with Gasteiger partial charge in [-0.2, -0.15) is 15.5 Å². The average Bonchev–Trinajstić information content (AvgIpc) is 3.52. The van der Waals surface area contributed by atoms with Crippen molar-refractivity contribution in [1.82, 2.24) is 24.3 Å². The van der Waals surface area contributed by atoms with Crippen LogP contribution in [0.1, 0.15) is 24.4 Å². The van der Waals surface area contributed by atoms with Crippen molar-refractivity contribution in [2.75, 3.05) is 19.7 Å². The van der Waals surface area contributed by atoms with Gasteiger partial charge in [0.2, 0.25) is 5.91 Å². The molecule has 9 heteroatoms. The van der Waals surface area contributed by atoms with Gasteiger partial charge in [-0.05, 0) is 31.0 Å². The number of aliphatic hydroxyl groups is 1. The van der Waals surface area contributed by atoms with E-state index in [0.717, 1.165) is 39.3 Å². The molecule has 0 radical (unpaired) electrons. The molecule has 1 atom stereocenters. The summed E-state index contributed by atoms with van der Waals surface area (Å²) in [6.45, 7) is 0.744. The van der Waals surface area contributed by atoms with E-state index in [1.807, 2.05) is 53.6 Å². The maximum Gasteiger partial charge on any atom is 0.248 e. The van der Waals surface area contributed by atoms with Crippen LogP contribution in [0.4, 0.5) is 0 Å². The van der Waals surface area contributed by atoms with Gasteiger partial charge in [-0.15, -0.1) is 0 Å². The zero-order valence-electron chi connectivity index (χ0n) is 17.8. The molecular weight excluding hydrogens is 436 g/mol. The van der Waals surface area contributed by atoms with Crippen molar-refractivity contribution in [3.8, 4) is 17.2 Å². The molecule has 5 rings (SSSR count). The van der Waals surface area contributed by atoms with Gasteiger partial charge in [0.25, 0.3) is 0 Å². The standard InChI is InChI=1S/C24H22N6O2S/c25-10-18-11-27-30-13-17(9-22(24(18)30)33-21-6-2-1-3-7-21)19-12-26-29(14-19)20-5-4-8-28(15-20)23(32)16-31/h1-3,6-7,9,11-14,20,31H,4-5,8,15-16H2. The summed E-state index contributed by atoms with van der Waals surface area (Å²) in [4.78, 5) is 15.6. The van der Waals surface area contributed by atoms with Gasteiger partial charge in [0.1, 0.15) is 12.7 Å².